The summed E-state index contributed by atoms with van der Waals surface area (Å²) in [6.45, 7) is 1.98. The van der Waals surface area contributed by atoms with Crippen LogP contribution in [-0.2, 0) is 6.42 Å². The lowest BCUT2D eigenvalue weighted by atomic mass is 10.2. The maximum atomic E-state index is 11.9. The van der Waals surface area contributed by atoms with E-state index in [0.29, 0.717) is 16.4 Å². The van der Waals surface area contributed by atoms with Gasteiger partial charge in [0.2, 0.25) is 0 Å². The van der Waals surface area contributed by atoms with Crippen molar-refractivity contribution in [1.82, 2.24) is 9.97 Å². The second-order valence-corrected chi connectivity index (χ2v) is 4.15. The minimum absolute atomic E-state index is 0.255. The molecule has 0 spiro atoms. The third-order valence-electron chi connectivity index (χ3n) is 2.42. The number of aromatic nitrogens is 2. The lowest BCUT2D eigenvalue weighted by Gasteiger charge is -2.05. The second kappa shape index (κ2) is 5.60. The molecule has 1 aromatic carbocycles. The molecular formula is C13H12ClN3O. The first-order chi connectivity index (χ1) is 8.69. The number of benzene rings is 1. The Bertz CT molecular complexity index is 554. The Morgan fingerprint density at radius 1 is 1.28 bits per heavy atom. The van der Waals surface area contributed by atoms with E-state index in [-0.39, 0.29) is 5.91 Å². The molecule has 1 N–H and O–H groups in total. The number of amides is 1. The molecule has 0 fully saturated rings. The summed E-state index contributed by atoms with van der Waals surface area (Å²) in [7, 11) is 0. The van der Waals surface area contributed by atoms with Crippen molar-refractivity contribution in [3.63, 3.8) is 0 Å². The molecule has 1 amide bonds. The first kappa shape index (κ1) is 12.5. The number of nitrogens with zero attached hydrogens (tertiary/aromatic N) is 2. The van der Waals surface area contributed by atoms with Crippen LogP contribution in [-0.4, -0.2) is 15.9 Å². The van der Waals surface area contributed by atoms with Gasteiger partial charge in [-0.1, -0.05) is 18.5 Å². The van der Waals surface area contributed by atoms with E-state index in [1.807, 2.05) is 6.92 Å². The largest absolute Gasteiger partial charge is 0.321 e. The van der Waals surface area contributed by atoms with Crippen LogP contribution in [0.4, 0.5) is 5.69 Å². The highest BCUT2D eigenvalue weighted by Crippen LogP contribution is 2.14. The molecule has 2 rings (SSSR count). The van der Waals surface area contributed by atoms with Crippen molar-refractivity contribution < 1.29 is 4.79 Å². The number of nitrogens with one attached hydrogen (secondary N) is 1. The van der Waals surface area contributed by atoms with Gasteiger partial charge in [-0.15, -0.1) is 0 Å². The summed E-state index contributed by atoms with van der Waals surface area (Å²) in [5.41, 5.74) is 1.88. The standard InChI is InChI=1S/C13H12ClN3O/c1-2-10-7-12(16-8-15-10)13(18)17-11-5-3-9(14)4-6-11/h3-8H,2H2,1H3,(H,17,18). The molecule has 0 unspecified atom stereocenters. The summed E-state index contributed by atoms with van der Waals surface area (Å²) in [4.78, 5) is 19.9. The zero-order valence-corrected chi connectivity index (χ0v) is 10.6. The van der Waals surface area contributed by atoms with Gasteiger partial charge >= 0.3 is 0 Å². The number of carbonyl (C=O) groups is 1. The van der Waals surface area contributed by atoms with Gasteiger partial charge in [-0.2, -0.15) is 0 Å². The molecule has 0 aliphatic rings. The normalized spacial score (nSPS) is 10.1. The van der Waals surface area contributed by atoms with E-state index in [9.17, 15) is 4.79 Å². The maximum absolute atomic E-state index is 11.9. The van der Waals surface area contributed by atoms with Crippen molar-refractivity contribution >= 4 is 23.2 Å². The molecule has 0 aliphatic heterocycles. The Kier molecular flexibility index (Phi) is 3.89. The number of carbonyl (C=O) groups excluding carboxylic acids is 1. The van der Waals surface area contributed by atoms with E-state index in [1.54, 1.807) is 30.3 Å². The molecule has 2 aromatic rings. The summed E-state index contributed by atoms with van der Waals surface area (Å²) in [5, 5.41) is 3.38. The molecule has 0 atom stereocenters. The SMILES string of the molecule is CCc1cc(C(=O)Nc2ccc(Cl)cc2)ncn1. The molecule has 0 bridgehead atoms. The average Bonchev–Trinajstić information content (AvgIpc) is 2.41. The zero-order chi connectivity index (χ0) is 13.0. The molecule has 5 heteroatoms. The summed E-state index contributed by atoms with van der Waals surface area (Å²) in [5.74, 6) is -0.255. The fraction of sp³-hybridized carbons (Fsp3) is 0.154. The van der Waals surface area contributed by atoms with Crippen molar-refractivity contribution in [3.05, 3.63) is 53.1 Å². The van der Waals surface area contributed by atoms with Crippen LogP contribution in [0.25, 0.3) is 0 Å². The molecule has 0 saturated heterocycles. The zero-order valence-electron chi connectivity index (χ0n) is 9.85. The Balaban J connectivity index is 2.14. The van der Waals surface area contributed by atoms with Crippen molar-refractivity contribution in [2.24, 2.45) is 0 Å². The Labute approximate surface area is 110 Å². The fourth-order valence-electron chi connectivity index (χ4n) is 1.44. The van der Waals surface area contributed by atoms with Crippen LogP contribution in [0, 0.1) is 0 Å². The van der Waals surface area contributed by atoms with Gasteiger partial charge in [0.15, 0.2) is 0 Å². The topological polar surface area (TPSA) is 54.9 Å². The number of halogens is 1. The van der Waals surface area contributed by atoms with Crippen LogP contribution in [0.5, 0.6) is 0 Å². The molecule has 1 aromatic heterocycles. The molecule has 4 nitrogen and oxygen atoms in total. The van der Waals surface area contributed by atoms with Gasteiger partial charge in [0, 0.05) is 16.4 Å². The summed E-state index contributed by atoms with van der Waals surface area (Å²) >= 11 is 5.77. The molecule has 0 radical (unpaired) electrons. The first-order valence-electron chi connectivity index (χ1n) is 5.57. The summed E-state index contributed by atoms with van der Waals surface area (Å²) in [6, 6.07) is 8.60. The lowest BCUT2D eigenvalue weighted by molar-refractivity contribution is 0.102. The third kappa shape index (κ3) is 3.05. The molecule has 0 saturated carbocycles. The van der Waals surface area contributed by atoms with Gasteiger partial charge in [-0.25, -0.2) is 9.97 Å². The number of rotatable bonds is 3. The molecule has 18 heavy (non-hydrogen) atoms. The van der Waals surface area contributed by atoms with Gasteiger partial charge in [-0.05, 0) is 36.8 Å². The molecule has 0 aliphatic carbocycles. The molecule has 1 heterocycles. The van der Waals surface area contributed by atoms with Crippen molar-refractivity contribution in [1.29, 1.82) is 0 Å². The van der Waals surface area contributed by atoms with E-state index >= 15 is 0 Å². The van der Waals surface area contributed by atoms with E-state index < -0.39 is 0 Å². The Morgan fingerprint density at radius 3 is 2.67 bits per heavy atom. The lowest BCUT2D eigenvalue weighted by Crippen LogP contribution is -2.14. The van der Waals surface area contributed by atoms with Gasteiger partial charge in [0.05, 0.1) is 0 Å². The minimum Gasteiger partial charge on any atom is -0.321 e. The monoisotopic (exact) mass is 261 g/mol. The summed E-state index contributed by atoms with van der Waals surface area (Å²) < 4.78 is 0. The highest BCUT2D eigenvalue weighted by Gasteiger charge is 2.08. The van der Waals surface area contributed by atoms with Crippen LogP contribution in [0.1, 0.15) is 23.1 Å². The van der Waals surface area contributed by atoms with E-state index in [0.717, 1.165) is 12.1 Å². The molecule has 92 valence electrons. The first-order valence-corrected chi connectivity index (χ1v) is 5.94. The van der Waals surface area contributed by atoms with Crippen LogP contribution >= 0.6 is 11.6 Å². The summed E-state index contributed by atoms with van der Waals surface area (Å²) in [6.07, 6.45) is 2.17. The Hall–Kier alpha value is -1.94. The predicted molar refractivity (Wildman–Crippen MR) is 70.8 cm³/mol. The number of hydrogen-bond acceptors (Lipinski definition) is 3. The maximum Gasteiger partial charge on any atom is 0.274 e. The van der Waals surface area contributed by atoms with E-state index in [1.165, 1.54) is 6.33 Å². The van der Waals surface area contributed by atoms with Crippen LogP contribution in [0.2, 0.25) is 5.02 Å². The third-order valence-corrected chi connectivity index (χ3v) is 2.67. The smallest absolute Gasteiger partial charge is 0.274 e. The number of hydrogen-bond donors (Lipinski definition) is 1. The fourth-order valence-corrected chi connectivity index (χ4v) is 1.57. The van der Waals surface area contributed by atoms with Gasteiger partial charge in [-0.3, -0.25) is 4.79 Å². The number of anilines is 1. The van der Waals surface area contributed by atoms with Crippen LogP contribution < -0.4 is 5.32 Å². The van der Waals surface area contributed by atoms with E-state index in [4.69, 9.17) is 11.6 Å². The van der Waals surface area contributed by atoms with Crippen molar-refractivity contribution in [2.75, 3.05) is 5.32 Å². The van der Waals surface area contributed by atoms with Crippen molar-refractivity contribution in [3.8, 4) is 0 Å². The minimum atomic E-state index is -0.255. The number of aryl methyl sites for hydroxylation is 1. The van der Waals surface area contributed by atoms with Crippen molar-refractivity contribution in [2.45, 2.75) is 13.3 Å². The second-order valence-electron chi connectivity index (χ2n) is 3.71. The highest BCUT2D eigenvalue weighted by atomic mass is 35.5. The molecular weight excluding hydrogens is 250 g/mol. The van der Waals surface area contributed by atoms with Gasteiger partial charge < -0.3 is 5.32 Å². The quantitative estimate of drug-likeness (QED) is 0.924. The van der Waals surface area contributed by atoms with E-state index in [2.05, 4.69) is 15.3 Å². The van der Waals surface area contributed by atoms with Crippen LogP contribution in [0.15, 0.2) is 36.7 Å². The Morgan fingerprint density at radius 2 is 2.00 bits per heavy atom. The van der Waals surface area contributed by atoms with Gasteiger partial charge in [0.25, 0.3) is 5.91 Å². The highest BCUT2D eigenvalue weighted by molar-refractivity contribution is 6.30. The van der Waals surface area contributed by atoms with Gasteiger partial charge in [0.1, 0.15) is 12.0 Å². The van der Waals surface area contributed by atoms with Crippen LogP contribution in [0.3, 0.4) is 0 Å². The average molecular weight is 262 g/mol. The predicted octanol–water partition coefficient (Wildman–Crippen LogP) is 2.94.